The van der Waals surface area contributed by atoms with Crippen molar-refractivity contribution in [3.8, 4) is 0 Å². The molecule has 0 spiro atoms. The van der Waals surface area contributed by atoms with Crippen LogP contribution in [0.5, 0.6) is 0 Å². The maximum atomic E-state index is 4.59. The molecule has 0 radical (unpaired) electrons. The van der Waals surface area contributed by atoms with Crippen molar-refractivity contribution in [2.24, 2.45) is 13.0 Å². The molecule has 110 valence electrons. The molecule has 4 heteroatoms. The summed E-state index contributed by atoms with van der Waals surface area (Å²) in [5.41, 5.74) is 2.48. The van der Waals surface area contributed by atoms with Gasteiger partial charge in [0.25, 0.3) is 0 Å². The van der Waals surface area contributed by atoms with E-state index in [0.29, 0.717) is 6.04 Å². The Balaban J connectivity index is 2.92. The van der Waals surface area contributed by atoms with Crippen LogP contribution in [0, 0.1) is 5.92 Å². The van der Waals surface area contributed by atoms with Gasteiger partial charge in [-0.2, -0.15) is 5.10 Å². The van der Waals surface area contributed by atoms with Gasteiger partial charge in [-0.05, 0) is 34.8 Å². The van der Waals surface area contributed by atoms with Gasteiger partial charge in [0.1, 0.15) is 0 Å². The third kappa shape index (κ3) is 4.06. The third-order valence-corrected chi connectivity index (χ3v) is 4.92. The normalized spacial score (nSPS) is 13.2. The molecule has 1 unspecified atom stereocenters. The van der Waals surface area contributed by atoms with Crippen LogP contribution in [0.4, 0.5) is 0 Å². The molecule has 1 rings (SSSR count). The van der Waals surface area contributed by atoms with E-state index in [1.54, 1.807) is 0 Å². The quantitative estimate of drug-likeness (QED) is 0.788. The zero-order valence-corrected chi connectivity index (χ0v) is 14.5. The summed E-state index contributed by atoms with van der Waals surface area (Å²) in [4.78, 5) is 0. The Kier molecular flexibility index (Phi) is 7.08. The fourth-order valence-corrected chi connectivity index (χ4v) is 3.55. The molecule has 0 bridgehead atoms. The maximum absolute atomic E-state index is 4.59. The Labute approximate surface area is 126 Å². The van der Waals surface area contributed by atoms with Crippen LogP contribution in [0.15, 0.2) is 4.47 Å². The number of nitrogens with one attached hydrogen (secondary N) is 1. The van der Waals surface area contributed by atoms with E-state index in [4.69, 9.17) is 0 Å². The van der Waals surface area contributed by atoms with Crippen LogP contribution in [0.25, 0.3) is 0 Å². The topological polar surface area (TPSA) is 29.9 Å². The second-order valence-electron chi connectivity index (χ2n) is 5.13. The smallest absolute Gasteiger partial charge is 0.0766 e. The summed E-state index contributed by atoms with van der Waals surface area (Å²) in [6.07, 6.45) is 4.48. The number of hydrogen-bond acceptors (Lipinski definition) is 2. The van der Waals surface area contributed by atoms with Crippen LogP contribution in [0.2, 0.25) is 0 Å². The number of hydrogen-bond donors (Lipinski definition) is 1. The van der Waals surface area contributed by atoms with Gasteiger partial charge in [-0.3, -0.25) is 4.68 Å². The summed E-state index contributed by atoms with van der Waals surface area (Å²) >= 11 is 3.72. The van der Waals surface area contributed by atoms with Gasteiger partial charge >= 0.3 is 0 Å². The average molecular weight is 330 g/mol. The lowest BCUT2D eigenvalue weighted by atomic mass is 9.90. The second-order valence-corrected chi connectivity index (χ2v) is 5.92. The van der Waals surface area contributed by atoms with E-state index in [1.807, 2.05) is 4.68 Å². The predicted molar refractivity (Wildman–Crippen MR) is 85.5 cm³/mol. The molecule has 0 saturated carbocycles. The molecular weight excluding hydrogens is 302 g/mol. The molecule has 1 aromatic rings. The minimum absolute atomic E-state index is 0.538. The molecule has 0 saturated heterocycles. The number of halogens is 1. The van der Waals surface area contributed by atoms with Crippen molar-refractivity contribution in [1.82, 2.24) is 15.1 Å². The van der Waals surface area contributed by atoms with Gasteiger partial charge in [0, 0.05) is 19.5 Å². The number of nitrogens with zero attached hydrogens (tertiary/aromatic N) is 2. The highest BCUT2D eigenvalue weighted by Gasteiger charge is 2.22. The van der Waals surface area contributed by atoms with Gasteiger partial charge < -0.3 is 5.32 Å². The highest BCUT2D eigenvalue weighted by atomic mass is 79.9. The largest absolute Gasteiger partial charge is 0.314 e. The SMILES string of the molecule is CCNC(Cc1c(Br)c(CC)nn1C)C(CC)CC. The van der Waals surface area contributed by atoms with Gasteiger partial charge in [-0.15, -0.1) is 0 Å². The zero-order valence-electron chi connectivity index (χ0n) is 13.0. The summed E-state index contributed by atoms with van der Waals surface area (Å²) in [5.74, 6) is 0.729. The van der Waals surface area contributed by atoms with Crippen LogP contribution in [0.1, 0.15) is 51.9 Å². The minimum Gasteiger partial charge on any atom is -0.314 e. The van der Waals surface area contributed by atoms with Crippen LogP contribution in [-0.2, 0) is 19.9 Å². The Morgan fingerprint density at radius 2 is 1.84 bits per heavy atom. The number of rotatable bonds is 8. The third-order valence-electron chi connectivity index (χ3n) is 4.00. The van der Waals surface area contributed by atoms with E-state index < -0.39 is 0 Å². The monoisotopic (exact) mass is 329 g/mol. The first-order chi connectivity index (χ1) is 9.08. The van der Waals surface area contributed by atoms with Crippen molar-refractivity contribution >= 4 is 15.9 Å². The fourth-order valence-electron chi connectivity index (χ4n) is 2.78. The zero-order chi connectivity index (χ0) is 14.4. The summed E-state index contributed by atoms with van der Waals surface area (Å²) < 4.78 is 3.24. The Hall–Kier alpha value is -0.350. The second kappa shape index (κ2) is 8.05. The molecule has 1 atom stereocenters. The van der Waals surface area contributed by atoms with Crippen LogP contribution in [-0.4, -0.2) is 22.4 Å². The molecule has 0 aromatic carbocycles. The molecule has 1 N–H and O–H groups in total. The Morgan fingerprint density at radius 1 is 1.21 bits per heavy atom. The average Bonchev–Trinajstić information content (AvgIpc) is 2.67. The maximum Gasteiger partial charge on any atom is 0.0766 e. The van der Waals surface area contributed by atoms with E-state index in [1.165, 1.54) is 23.0 Å². The fraction of sp³-hybridized carbons (Fsp3) is 0.800. The van der Waals surface area contributed by atoms with Gasteiger partial charge in [-0.1, -0.05) is 40.5 Å². The van der Waals surface area contributed by atoms with Gasteiger partial charge in [-0.25, -0.2) is 0 Å². The number of aryl methyl sites for hydroxylation is 2. The molecule has 3 nitrogen and oxygen atoms in total. The lowest BCUT2D eigenvalue weighted by molar-refractivity contribution is 0.331. The first-order valence-corrected chi connectivity index (χ1v) is 8.31. The lowest BCUT2D eigenvalue weighted by Crippen LogP contribution is -2.38. The molecule has 1 heterocycles. The van der Waals surface area contributed by atoms with Gasteiger partial charge in [0.05, 0.1) is 15.9 Å². The summed E-state index contributed by atoms with van der Waals surface area (Å²) in [6, 6.07) is 0.538. The van der Waals surface area contributed by atoms with Gasteiger partial charge in [0.2, 0.25) is 0 Å². The molecule has 0 aliphatic rings. The lowest BCUT2D eigenvalue weighted by Gasteiger charge is -2.26. The van der Waals surface area contributed by atoms with Crippen molar-refractivity contribution < 1.29 is 0 Å². The Bertz CT molecular complexity index is 383. The van der Waals surface area contributed by atoms with Crippen molar-refractivity contribution in [3.63, 3.8) is 0 Å². The highest BCUT2D eigenvalue weighted by Crippen LogP contribution is 2.25. The summed E-state index contributed by atoms with van der Waals surface area (Å²) in [7, 11) is 2.05. The predicted octanol–water partition coefficient (Wildman–Crippen LogP) is 3.70. The molecule has 0 amide bonds. The summed E-state index contributed by atoms with van der Waals surface area (Å²) in [6.45, 7) is 9.94. The first-order valence-electron chi connectivity index (χ1n) is 7.52. The highest BCUT2D eigenvalue weighted by molar-refractivity contribution is 9.10. The van der Waals surface area contributed by atoms with E-state index in [-0.39, 0.29) is 0 Å². The standard InChI is InChI=1S/C15H28BrN3/c1-6-11(7-2)13(17-9-4)10-14-15(16)12(8-3)18-19(14)5/h11,13,17H,6-10H2,1-5H3. The first kappa shape index (κ1) is 16.7. The molecule has 1 aromatic heterocycles. The van der Waals surface area contributed by atoms with Crippen molar-refractivity contribution in [2.45, 2.75) is 59.4 Å². The number of aromatic nitrogens is 2. The molecule has 0 fully saturated rings. The van der Waals surface area contributed by atoms with Crippen molar-refractivity contribution in [3.05, 3.63) is 15.9 Å². The molecule has 0 aliphatic heterocycles. The van der Waals surface area contributed by atoms with E-state index in [2.05, 4.69) is 61.1 Å². The molecule has 19 heavy (non-hydrogen) atoms. The van der Waals surface area contributed by atoms with Crippen LogP contribution in [0.3, 0.4) is 0 Å². The molecular formula is C15H28BrN3. The van der Waals surface area contributed by atoms with Crippen molar-refractivity contribution in [2.75, 3.05) is 6.54 Å². The minimum atomic E-state index is 0.538. The Morgan fingerprint density at radius 3 is 2.26 bits per heavy atom. The molecule has 0 aliphatic carbocycles. The van der Waals surface area contributed by atoms with Gasteiger partial charge in [0.15, 0.2) is 0 Å². The van der Waals surface area contributed by atoms with E-state index >= 15 is 0 Å². The van der Waals surface area contributed by atoms with Crippen LogP contribution < -0.4 is 5.32 Å². The van der Waals surface area contributed by atoms with Crippen LogP contribution >= 0.6 is 15.9 Å². The number of likely N-dealkylation sites (N-methyl/N-ethyl adjacent to an activating group) is 1. The summed E-state index contributed by atoms with van der Waals surface area (Å²) in [5, 5.41) is 8.25. The van der Waals surface area contributed by atoms with E-state index in [0.717, 1.165) is 31.0 Å². The van der Waals surface area contributed by atoms with Crippen molar-refractivity contribution in [1.29, 1.82) is 0 Å². The van der Waals surface area contributed by atoms with E-state index in [9.17, 15) is 0 Å².